The minimum absolute atomic E-state index is 0.0805. The van der Waals surface area contributed by atoms with Crippen LogP contribution in [0.5, 0.6) is 5.75 Å². The number of anilines is 1. The number of nitrogens with one attached hydrogen (secondary N) is 2. The fourth-order valence-electron chi connectivity index (χ4n) is 2.22. The Balaban J connectivity index is 1.66. The van der Waals surface area contributed by atoms with Gasteiger partial charge in [-0.2, -0.15) is 0 Å². The normalized spacial score (nSPS) is 14.9. The van der Waals surface area contributed by atoms with Gasteiger partial charge in [-0.3, -0.25) is 4.79 Å². The maximum Gasteiger partial charge on any atom is 0.224 e. The van der Waals surface area contributed by atoms with Gasteiger partial charge in [0.2, 0.25) is 15.9 Å². The van der Waals surface area contributed by atoms with Gasteiger partial charge in [-0.15, -0.1) is 0 Å². The summed E-state index contributed by atoms with van der Waals surface area (Å²) in [4.78, 5) is 12.0. The average Bonchev–Trinajstić information content (AvgIpc) is 3.36. The first-order valence-electron chi connectivity index (χ1n) is 9.19. The number of sulfonamides is 1. The molecule has 0 unspecified atom stereocenters. The second-order valence-electron chi connectivity index (χ2n) is 7.80. The van der Waals surface area contributed by atoms with E-state index in [1.807, 2.05) is 24.3 Å². The van der Waals surface area contributed by atoms with Crippen LogP contribution in [0.4, 0.5) is 5.69 Å². The highest BCUT2D eigenvalue weighted by Gasteiger charge is 2.28. The molecule has 146 valence electrons. The smallest absolute Gasteiger partial charge is 0.224 e. The number of amides is 1. The van der Waals surface area contributed by atoms with Crippen molar-refractivity contribution in [1.29, 1.82) is 0 Å². The summed E-state index contributed by atoms with van der Waals surface area (Å²) in [6.45, 7) is 6.06. The molecule has 2 rings (SSSR count). The topological polar surface area (TPSA) is 84.5 Å². The summed E-state index contributed by atoms with van der Waals surface area (Å²) < 4.78 is 31.3. The first-order valence-corrected chi connectivity index (χ1v) is 10.7. The predicted octanol–water partition coefficient (Wildman–Crippen LogP) is 3.30. The zero-order chi connectivity index (χ0) is 19.2. The van der Waals surface area contributed by atoms with E-state index in [1.165, 1.54) is 12.8 Å². The maximum atomic E-state index is 12.0. The van der Waals surface area contributed by atoms with Crippen molar-refractivity contribution in [3.05, 3.63) is 24.3 Å². The van der Waals surface area contributed by atoms with Crippen LogP contribution in [-0.2, 0) is 14.8 Å². The number of benzene rings is 1. The van der Waals surface area contributed by atoms with Crippen molar-refractivity contribution < 1.29 is 17.9 Å². The second kappa shape index (κ2) is 8.86. The van der Waals surface area contributed by atoms with Gasteiger partial charge in [0.15, 0.2) is 0 Å². The summed E-state index contributed by atoms with van der Waals surface area (Å²) >= 11 is 0. The Morgan fingerprint density at radius 2 is 1.96 bits per heavy atom. The molecule has 0 heterocycles. The lowest BCUT2D eigenvalue weighted by Crippen LogP contribution is -2.39. The molecule has 26 heavy (non-hydrogen) atoms. The molecule has 1 amide bonds. The van der Waals surface area contributed by atoms with Crippen LogP contribution in [0.1, 0.15) is 52.9 Å². The monoisotopic (exact) mass is 382 g/mol. The third kappa shape index (κ3) is 6.96. The van der Waals surface area contributed by atoms with Crippen molar-refractivity contribution in [2.45, 2.75) is 57.6 Å². The van der Waals surface area contributed by atoms with Crippen LogP contribution in [0.2, 0.25) is 0 Å². The van der Waals surface area contributed by atoms with E-state index < -0.39 is 14.8 Å². The van der Waals surface area contributed by atoms with Gasteiger partial charge < -0.3 is 10.1 Å². The second-order valence-corrected chi connectivity index (χ2v) is 10.3. The Bertz CT molecular complexity index is 706. The Kier molecular flexibility index (Phi) is 7.06. The minimum atomic E-state index is -3.32. The molecular formula is C19H30N2O4S. The molecule has 0 radical (unpaired) electrons. The van der Waals surface area contributed by atoms with E-state index >= 15 is 0 Å². The number of ether oxygens (including phenoxy) is 1. The molecule has 6 nitrogen and oxygen atoms in total. The Hall–Kier alpha value is -1.60. The lowest BCUT2D eigenvalue weighted by molar-refractivity contribution is -0.116. The Morgan fingerprint density at radius 3 is 2.62 bits per heavy atom. The molecule has 0 spiro atoms. The zero-order valence-corrected chi connectivity index (χ0v) is 16.7. The van der Waals surface area contributed by atoms with Crippen molar-refractivity contribution >= 4 is 21.6 Å². The standard InChI is InChI=1S/C19H30N2O4S/c1-19(2,3)26(23,24)20-12-5-4-9-18(22)21-16-7-6-8-17(13-16)25-14-15-10-11-15/h6-8,13,15,20H,4-5,9-12,14H2,1-3H3,(H,21,22). The summed E-state index contributed by atoms with van der Waals surface area (Å²) in [6.07, 6.45) is 4.07. The van der Waals surface area contributed by atoms with Crippen LogP contribution in [0, 0.1) is 5.92 Å². The van der Waals surface area contributed by atoms with Crippen molar-refractivity contribution in [2.24, 2.45) is 5.92 Å². The molecule has 1 aromatic rings. The van der Waals surface area contributed by atoms with Gasteiger partial charge in [0.1, 0.15) is 5.75 Å². The minimum Gasteiger partial charge on any atom is -0.493 e. The number of hydrogen-bond donors (Lipinski definition) is 2. The quantitative estimate of drug-likeness (QED) is 0.608. The molecule has 1 aromatic carbocycles. The van der Waals surface area contributed by atoms with E-state index in [4.69, 9.17) is 4.74 Å². The van der Waals surface area contributed by atoms with Crippen LogP contribution in [-0.4, -0.2) is 32.2 Å². The molecule has 7 heteroatoms. The molecule has 0 bridgehead atoms. The molecule has 1 fully saturated rings. The third-order valence-electron chi connectivity index (χ3n) is 4.23. The molecule has 1 saturated carbocycles. The van der Waals surface area contributed by atoms with Gasteiger partial charge in [0.05, 0.1) is 11.4 Å². The lowest BCUT2D eigenvalue weighted by atomic mass is 10.2. The van der Waals surface area contributed by atoms with Gasteiger partial charge in [0, 0.05) is 24.7 Å². The molecule has 2 N–H and O–H groups in total. The van der Waals surface area contributed by atoms with Crippen molar-refractivity contribution in [3.63, 3.8) is 0 Å². The first-order chi connectivity index (χ1) is 12.2. The molecule has 0 saturated heterocycles. The van der Waals surface area contributed by atoms with E-state index in [0.717, 1.165) is 18.0 Å². The number of hydrogen-bond acceptors (Lipinski definition) is 4. The van der Waals surface area contributed by atoms with E-state index in [-0.39, 0.29) is 5.91 Å². The SMILES string of the molecule is CC(C)(C)S(=O)(=O)NCCCCC(=O)Nc1cccc(OCC2CC2)c1. The Labute approximate surface area is 156 Å². The molecule has 1 aliphatic carbocycles. The van der Waals surface area contributed by atoms with E-state index in [9.17, 15) is 13.2 Å². The Morgan fingerprint density at radius 1 is 1.23 bits per heavy atom. The van der Waals surface area contributed by atoms with Gasteiger partial charge in [-0.25, -0.2) is 13.1 Å². The fraction of sp³-hybridized carbons (Fsp3) is 0.632. The molecular weight excluding hydrogens is 352 g/mol. The largest absolute Gasteiger partial charge is 0.493 e. The van der Waals surface area contributed by atoms with Crippen LogP contribution in [0.3, 0.4) is 0 Å². The van der Waals surface area contributed by atoms with Crippen molar-refractivity contribution in [1.82, 2.24) is 4.72 Å². The third-order valence-corrected chi connectivity index (χ3v) is 6.43. The van der Waals surface area contributed by atoms with E-state index in [0.29, 0.717) is 31.7 Å². The van der Waals surface area contributed by atoms with Gasteiger partial charge >= 0.3 is 0 Å². The molecule has 1 aliphatic rings. The van der Waals surface area contributed by atoms with Crippen LogP contribution in [0.25, 0.3) is 0 Å². The number of carbonyl (C=O) groups excluding carboxylic acids is 1. The van der Waals surface area contributed by atoms with Gasteiger partial charge in [0.25, 0.3) is 0 Å². The van der Waals surface area contributed by atoms with Crippen molar-refractivity contribution in [3.8, 4) is 5.75 Å². The van der Waals surface area contributed by atoms with Crippen molar-refractivity contribution in [2.75, 3.05) is 18.5 Å². The zero-order valence-electron chi connectivity index (χ0n) is 15.9. The number of carbonyl (C=O) groups is 1. The molecule has 0 aromatic heterocycles. The van der Waals surface area contributed by atoms with Gasteiger partial charge in [-0.05, 0) is 64.5 Å². The van der Waals surface area contributed by atoms with Crippen LogP contribution >= 0.6 is 0 Å². The van der Waals surface area contributed by atoms with E-state index in [2.05, 4.69) is 10.0 Å². The fourth-order valence-corrected chi connectivity index (χ4v) is 3.07. The predicted molar refractivity (Wildman–Crippen MR) is 104 cm³/mol. The van der Waals surface area contributed by atoms with Crippen LogP contribution < -0.4 is 14.8 Å². The van der Waals surface area contributed by atoms with E-state index in [1.54, 1.807) is 20.8 Å². The summed E-state index contributed by atoms with van der Waals surface area (Å²) in [5.74, 6) is 1.37. The van der Waals surface area contributed by atoms with Crippen LogP contribution in [0.15, 0.2) is 24.3 Å². The number of rotatable bonds is 10. The number of unbranched alkanes of at least 4 members (excludes halogenated alkanes) is 1. The summed E-state index contributed by atoms with van der Waals surface area (Å²) in [5, 5.41) is 2.86. The maximum absolute atomic E-state index is 12.0. The highest BCUT2D eigenvalue weighted by Crippen LogP contribution is 2.30. The first kappa shape index (κ1) is 20.7. The highest BCUT2D eigenvalue weighted by molar-refractivity contribution is 7.90. The summed E-state index contributed by atoms with van der Waals surface area (Å²) in [5.41, 5.74) is 0.719. The molecule has 0 aliphatic heterocycles. The summed E-state index contributed by atoms with van der Waals surface area (Å²) in [6, 6.07) is 7.41. The lowest BCUT2D eigenvalue weighted by Gasteiger charge is -2.19. The highest BCUT2D eigenvalue weighted by atomic mass is 32.2. The van der Waals surface area contributed by atoms with Gasteiger partial charge in [-0.1, -0.05) is 6.07 Å². The summed E-state index contributed by atoms with van der Waals surface area (Å²) in [7, 11) is -3.32. The average molecular weight is 383 g/mol. The molecule has 0 atom stereocenters.